The first kappa shape index (κ1) is 12.0. The monoisotopic (exact) mass is 220 g/mol. The Bertz CT molecular complexity index is 449. The molecule has 1 aromatic carbocycles. The summed E-state index contributed by atoms with van der Waals surface area (Å²) in [5.41, 5.74) is 6.44. The molecular weight excluding hydrogens is 208 g/mol. The van der Waals surface area contributed by atoms with Crippen molar-refractivity contribution in [2.45, 2.75) is 6.54 Å². The van der Waals surface area contributed by atoms with Crippen molar-refractivity contribution in [3.63, 3.8) is 0 Å². The molecule has 0 radical (unpaired) electrons. The number of nitriles is 1. The molecule has 0 atom stereocenters. The summed E-state index contributed by atoms with van der Waals surface area (Å²) >= 11 is 0. The summed E-state index contributed by atoms with van der Waals surface area (Å²) in [6.45, 7) is 0.122. The standard InChI is InChI=1S/C11H12N2O3/c1-15-10-4-3-7(11(14)16-2)8(5-12)9(10)6-13/h3-4H,6,13H2,1-2H3. The van der Waals surface area contributed by atoms with Crippen molar-refractivity contribution in [2.24, 2.45) is 5.73 Å². The summed E-state index contributed by atoms with van der Waals surface area (Å²) in [5.74, 6) is -0.0689. The first-order chi connectivity index (χ1) is 7.69. The zero-order chi connectivity index (χ0) is 12.1. The van der Waals surface area contributed by atoms with Gasteiger partial charge in [0.05, 0.1) is 25.3 Å². The van der Waals surface area contributed by atoms with Crippen LogP contribution in [-0.2, 0) is 11.3 Å². The molecule has 2 N–H and O–H groups in total. The van der Waals surface area contributed by atoms with Crippen LogP contribution in [-0.4, -0.2) is 20.2 Å². The summed E-state index contributed by atoms with van der Waals surface area (Å²) in [4.78, 5) is 11.4. The van der Waals surface area contributed by atoms with E-state index in [0.29, 0.717) is 11.3 Å². The van der Waals surface area contributed by atoms with Crippen molar-refractivity contribution in [3.8, 4) is 11.8 Å². The number of hydrogen-bond acceptors (Lipinski definition) is 5. The van der Waals surface area contributed by atoms with Crippen LogP contribution in [0.2, 0.25) is 0 Å². The van der Waals surface area contributed by atoms with Gasteiger partial charge in [0.25, 0.3) is 0 Å². The van der Waals surface area contributed by atoms with E-state index in [0.717, 1.165) is 0 Å². The molecule has 0 aliphatic rings. The van der Waals surface area contributed by atoms with Gasteiger partial charge in [-0.05, 0) is 12.1 Å². The van der Waals surface area contributed by atoms with Gasteiger partial charge >= 0.3 is 5.97 Å². The fraction of sp³-hybridized carbons (Fsp3) is 0.273. The van der Waals surface area contributed by atoms with Crippen LogP contribution in [0.4, 0.5) is 0 Å². The van der Waals surface area contributed by atoms with E-state index in [1.165, 1.54) is 20.3 Å². The highest BCUT2D eigenvalue weighted by Gasteiger charge is 2.18. The normalized spacial score (nSPS) is 9.38. The van der Waals surface area contributed by atoms with E-state index in [1.807, 2.05) is 6.07 Å². The molecule has 0 aromatic heterocycles. The lowest BCUT2D eigenvalue weighted by atomic mass is 10.0. The Morgan fingerprint density at radius 2 is 2.19 bits per heavy atom. The predicted octanol–water partition coefficient (Wildman–Crippen LogP) is 0.812. The van der Waals surface area contributed by atoms with Gasteiger partial charge in [-0.15, -0.1) is 0 Å². The van der Waals surface area contributed by atoms with Crippen molar-refractivity contribution in [3.05, 3.63) is 28.8 Å². The smallest absolute Gasteiger partial charge is 0.339 e. The molecule has 0 heterocycles. The minimum atomic E-state index is -0.561. The summed E-state index contributed by atoms with van der Waals surface area (Å²) in [7, 11) is 2.74. The van der Waals surface area contributed by atoms with Crippen LogP contribution in [0.5, 0.6) is 5.75 Å². The summed E-state index contributed by atoms with van der Waals surface area (Å²) < 4.78 is 9.64. The lowest BCUT2D eigenvalue weighted by molar-refractivity contribution is 0.0600. The van der Waals surface area contributed by atoms with E-state index in [-0.39, 0.29) is 17.7 Å². The first-order valence-corrected chi connectivity index (χ1v) is 4.57. The quantitative estimate of drug-likeness (QED) is 0.762. The van der Waals surface area contributed by atoms with Gasteiger partial charge in [-0.3, -0.25) is 0 Å². The van der Waals surface area contributed by atoms with Crippen LogP contribution < -0.4 is 10.5 Å². The summed E-state index contributed by atoms with van der Waals surface area (Å²) in [6, 6.07) is 5.03. The molecule has 0 aliphatic heterocycles. The molecule has 1 aromatic rings. The SMILES string of the molecule is COC(=O)c1ccc(OC)c(CN)c1C#N. The lowest BCUT2D eigenvalue weighted by Crippen LogP contribution is -2.10. The number of carbonyl (C=O) groups is 1. The molecule has 0 saturated heterocycles. The van der Waals surface area contributed by atoms with Crippen LogP contribution in [0.1, 0.15) is 21.5 Å². The highest BCUT2D eigenvalue weighted by atomic mass is 16.5. The maximum absolute atomic E-state index is 11.4. The number of rotatable bonds is 3. The van der Waals surface area contributed by atoms with Crippen LogP contribution in [0.3, 0.4) is 0 Å². The van der Waals surface area contributed by atoms with E-state index >= 15 is 0 Å². The van der Waals surface area contributed by atoms with Crippen molar-refractivity contribution >= 4 is 5.97 Å². The highest BCUT2D eigenvalue weighted by Crippen LogP contribution is 2.25. The zero-order valence-electron chi connectivity index (χ0n) is 9.11. The molecule has 0 bridgehead atoms. The number of methoxy groups -OCH3 is 2. The van der Waals surface area contributed by atoms with Gasteiger partial charge in [0, 0.05) is 12.1 Å². The third-order valence-electron chi connectivity index (χ3n) is 2.21. The molecular formula is C11H12N2O3. The van der Waals surface area contributed by atoms with Crippen LogP contribution in [0.25, 0.3) is 0 Å². The average Bonchev–Trinajstić information content (AvgIpc) is 2.35. The molecule has 1 rings (SSSR count). The fourth-order valence-corrected chi connectivity index (χ4v) is 1.43. The van der Waals surface area contributed by atoms with E-state index in [2.05, 4.69) is 4.74 Å². The largest absolute Gasteiger partial charge is 0.496 e. The predicted molar refractivity (Wildman–Crippen MR) is 56.9 cm³/mol. The summed E-state index contributed by atoms with van der Waals surface area (Å²) in [6.07, 6.45) is 0. The number of nitrogens with zero attached hydrogens (tertiary/aromatic N) is 1. The van der Waals surface area contributed by atoms with Crippen LogP contribution in [0, 0.1) is 11.3 Å². The molecule has 0 spiro atoms. The number of benzene rings is 1. The number of esters is 1. The van der Waals surface area contributed by atoms with Crippen molar-refractivity contribution in [1.82, 2.24) is 0 Å². The zero-order valence-corrected chi connectivity index (χ0v) is 9.11. The van der Waals surface area contributed by atoms with Gasteiger partial charge in [0.1, 0.15) is 11.8 Å². The van der Waals surface area contributed by atoms with E-state index < -0.39 is 5.97 Å². The topological polar surface area (TPSA) is 85.3 Å². The van der Waals surface area contributed by atoms with Crippen molar-refractivity contribution < 1.29 is 14.3 Å². The fourth-order valence-electron chi connectivity index (χ4n) is 1.43. The number of carbonyl (C=O) groups excluding carboxylic acids is 1. The molecule has 0 aliphatic carbocycles. The minimum Gasteiger partial charge on any atom is -0.496 e. The number of ether oxygens (including phenoxy) is 2. The molecule has 16 heavy (non-hydrogen) atoms. The molecule has 5 nitrogen and oxygen atoms in total. The molecule has 0 fully saturated rings. The average molecular weight is 220 g/mol. The van der Waals surface area contributed by atoms with Crippen molar-refractivity contribution in [2.75, 3.05) is 14.2 Å². The Kier molecular flexibility index (Phi) is 3.86. The Morgan fingerprint density at radius 3 is 2.62 bits per heavy atom. The first-order valence-electron chi connectivity index (χ1n) is 4.57. The molecule has 0 saturated carbocycles. The maximum Gasteiger partial charge on any atom is 0.339 e. The second kappa shape index (κ2) is 5.14. The Labute approximate surface area is 93.4 Å². The van der Waals surface area contributed by atoms with Gasteiger partial charge in [-0.2, -0.15) is 5.26 Å². The third-order valence-corrected chi connectivity index (χ3v) is 2.21. The Balaban J connectivity index is 3.45. The maximum atomic E-state index is 11.4. The number of nitrogens with two attached hydrogens (primary N) is 1. The molecule has 0 unspecified atom stereocenters. The van der Waals surface area contributed by atoms with E-state index in [9.17, 15) is 4.79 Å². The second-order valence-corrected chi connectivity index (χ2v) is 2.98. The van der Waals surface area contributed by atoms with Gasteiger partial charge in [-0.1, -0.05) is 0 Å². The van der Waals surface area contributed by atoms with E-state index in [1.54, 1.807) is 6.07 Å². The number of hydrogen-bond donors (Lipinski definition) is 1. The van der Waals surface area contributed by atoms with Crippen LogP contribution in [0.15, 0.2) is 12.1 Å². The van der Waals surface area contributed by atoms with Gasteiger partial charge in [0.15, 0.2) is 0 Å². The molecule has 84 valence electrons. The summed E-state index contributed by atoms with van der Waals surface area (Å²) in [5, 5.41) is 9.03. The van der Waals surface area contributed by atoms with Crippen LogP contribution >= 0.6 is 0 Å². The third kappa shape index (κ3) is 1.97. The van der Waals surface area contributed by atoms with Crippen molar-refractivity contribution in [1.29, 1.82) is 5.26 Å². The van der Waals surface area contributed by atoms with Gasteiger partial charge in [0.2, 0.25) is 0 Å². The lowest BCUT2D eigenvalue weighted by Gasteiger charge is -2.11. The Hall–Kier alpha value is -2.06. The second-order valence-electron chi connectivity index (χ2n) is 2.98. The van der Waals surface area contributed by atoms with Gasteiger partial charge in [-0.25, -0.2) is 4.79 Å². The highest BCUT2D eigenvalue weighted by molar-refractivity contribution is 5.93. The molecule has 0 amide bonds. The van der Waals surface area contributed by atoms with E-state index in [4.69, 9.17) is 15.7 Å². The molecule has 5 heteroatoms. The minimum absolute atomic E-state index is 0.122. The van der Waals surface area contributed by atoms with Gasteiger partial charge < -0.3 is 15.2 Å². The Morgan fingerprint density at radius 1 is 1.50 bits per heavy atom.